The Kier molecular flexibility index (Phi) is 5.96. The summed E-state index contributed by atoms with van der Waals surface area (Å²) in [4.78, 5) is 12.7. The highest BCUT2D eigenvalue weighted by Crippen LogP contribution is 2.71. The third kappa shape index (κ3) is 3.67. The van der Waals surface area contributed by atoms with E-state index in [1.165, 1.54) is 12.5 Å². The Balaban J connectivity index is 1.24. The van der Waals surface area contributed by atoms with Crippen molar-refractivity contribution in [3.05, 3.63) is 57.3 Å². The molecule has 6 rings (SSSR count). The van der Waals surface area contributed by atoms with E-state index >= 15 is 8.78 Å². The molecule has 0 amide bonds. The van der Waals surface area contributed by atoms with Crippen molar-refractivity contribution in [1.82, 2.24) is 0 Å². The third-order valence-corrected chi connectivity index (χ3v) is 11.3. The van der Waals surface area contributed by atoms with Gasteiger partial charge >= 0.3 is 18.0 Å². The molecule has 1 aromatic carbocycles. The van der Waals surface area contributed by atoms with Crippen LogP contribution >= 0.6 is 15.9 Å². The lowest BCUT2D eigenvalue weighted by atomic mass is 9.48. The van der Waals surface area contributed by atoms with E-state index in [0.717, 1.165) is 30.2 Å². The molecule has 3 nitrogen and oxygen atoms in total. The molecule has 38 heavy (non-hydrogen) atoms. The molecule has 1 aromatic rings. The Morgan fingerprint density at radius 3 is 2.42 bits per heavy atom. The van der Waals surface area contributed by atoms with Crippen LogP contribution in [0.15, 0.2) is 51.7 Å². The van der Waals surface area contributed by atoms with Gasteiger partial charge in [-0.05, 0) is 104 Å². The van der Waals surface area contributed by atoms with Gasteiger partial charge in [-0.3, -0.25) is 0 Å². The molecule has 7 unspecified atom stereocenters. The minimum Gasteiger partial charge on any atom is -0.458 e. The number of carbonyl (C=O) groups excluding carboxylic acids is 1. The van der Waals surface area contributed by atoms with Crippen LogP contribution in [-0.4, -0.2) is 24.1 Å². The summed E-state index contributed by atoms with van der Waals surface area (Å²) >= 11 is 3.38. The number of benzene rings is 1. The molecule has 7 atom stereocenters. The smallest absolute Gasteiger partial charge is 0.458 e. The fourth-order valence-electron chi connectivity index (χ4n) is 8.89. The molecular weight excluding hydrogens is 564 g/mol. The monoisotopic (exact) mass is 596 g/mol. The molecule has 5 aliphatic rings. The molecule has 0 bridgehead atoms. The molecule has 3 saturated carbocycles. The Labute approximate surface area is 229 Å². The van der Waals surface area contributed by atoms with Gasteiger partial charge in [0.05, 0.1) is 11.5 Å². The fraction of sp³-hybridized carbons (Fsp3) is 0.633. The van der Waals surface area contributed by atoms with Crippen LogP contribution in [0.3, 0.4) is 0 Å². The number of allylic oxidation sites excluding steroid dienone is 3. The van der Waals surface area contributed by atoms with Crippen molar-refractivity contribution in [2.24, 2.45) is 34.5 Å². The van der Waals surface area contributed by atoms with E-state index in [-0.39, 0.29) is 41.5 Å². The molecule has 0 saturated heterocycles. The largest absolute Gasteiger partial charge is 0.464 e. The second-order valence-electron chi connectivity index (χ2n) is 12.5. The summed E-state index contributed by atoms with van der Waals surface area (Å²) in [5.41, 5.74) is 1.55. The lowest BCUT2D eigenvalue weighted by molar-refractivity contribution is -0.354. The molecule has 206 valence electrons. The quantitative estimate of drug-likeness (QED) is 0.194. The number of ether oxygens (including phenoxy) is 2. The predicted molar refractivity (Wildman–Crippen MR) is 138 cm³/mol. The number of carbonyl (C=O) groups is 1. The fourth-order valence-corrected chi connectivity index (χ4v) is 9.15. The average molecular weight is 597 g/mol. The van der Waals surface area contributed by atoms with E-state index in [4.69, 9.17) is 4.74 Å². The van der Waals surface area contributed by atoms with Crippen molar-refractivity contribution < 1.29 is 31.8 Å². The normalized spacial score (nSPS) is 40.6. The zero-order valence-corrected chi connectivity index (χ0v) is 23.4. The van der Waals surface area contributed by atoms with Gasteiger partial charge in [0.1, 0.15) is 11.9 Å². The second kappa shape index (κ2) is 8.58. The number of fused-ring (bicyclic) bond motifs is 7. The van der Waals surface area contributed by atoms with E-state index in [1.807, 2.05) is 19.1 Å². The van der Waals surface area contributed by atoms with Crippen LogP contribution in [0, 0.1) is 34.5 Å². The number of alkyl halides is 4. The number of hydrogen-bond acceptors (Lipinski definition) is 3. The SMILES string of the molecule is CC1=C2C(CC3C4CC=C5CC(OC(=O)c6ccc(Br)cc6)CCC5(C)C4CCC23C)C(F)(F)C(F)(F)O1. The maximum absolute atomic E-state index is 15.0. The highest BCUT2D eigenvalue weighted by Gasteiger charge is 2.73. The topological polar surface area (TPSA) is 35.5 Å². The van der Waals surface area contributed by atoms with E-state index in [2.05, 4.69) is 33.7 Å². The van der Waals surface area contributed by atoms with Crippen LogP contribution in [0.1, 0.15) is 76.1 Å². The molecular formula is C30H33BrF4O3. The molecule has 3 fully saturated rings. The van der Waals surface area contributed by atoms with Crippen LogP contribution in [0.25, 0.3) is 0 Å². The summed E-state index contributed by atoms with van der Waals surface area (Å²) in [5.74, 6) is -5.69. The molecule has 0 spiro atoms. The molecule has 8 heteroatoms. The first-order chi connectivity index (χ1) is 17.8. The van der Waals surface area contributed by atoms with Gasteiger partial charge in [0.25, 0.3) is 0 Å². The maximum Gasteiger partial charge on any atom is 0.464 e. The summed E-state index contributed by atoms with van der Waals surface area (Å²) in [5, 5.41) is 0. The molecule has 4 aliphatic carbocycles. The highest BCUT2D eigenvalue weighted by molar-refractivity contribution is 9.10. The zero-order chi connectivity index (χ0) is 27.3. The zero-order valence-electron chi connectivity index (χ0n) is 21.8. The lowest BCUT2D eigenvalue weighted by Gasteiger charge is -2.57. The number of esters is 1. The van der Waals surface area contributed by atoms with E-state index in [0.29, 0.717) is 29.9 Å². The summed E-state index contributed by atoms with van der Waals surface area (Å²) in [6.45, 7) is 5.70. The van der Waals surface area contributed by atoms with Gasteiger partial charge in [-0.25, -0.2) is 4.79 Å². The first-order valence-electron chi connectivity index (χ1n) is 13.6. The van der Waals surface area contributed by atoms with E-state index in [1.54, 1.807) is 12.1 Å². The van der Waals surface area contributed by atoms with Crippen molar-refractivity contribution in [2.45, 2.75) is 83.9 Å². The molecule has 0 radical (unpaired) electrons. The predicted octanol–water partition coefficient (Wildman–Crippen LogP) is 8.70. The summed E-state index contributed by atoms with van der Waals surface area (Å²) < 4.78 is 70.0. The molecule has 0 N–H and O–H groups in total. The van der Waals surface area contributed by atoms with Crippen molar-refractivity contribution >= 4 is 21.9 Å². The highest BCUT2D eigenvalue weighted by atomic mass is 79.9. The van der Waals surface area contributed by atoms with E-state index in [9.17, 15) is 13.6 Å². The molecule has 1 heterocycles. The lowest BCUT2D eigenvalue weighted by Crippen LogP contribution is -2.52. The standard InChI is InChI=1S/C30H33BrF4O3/c1-16-25-24(29(32,33)30(34,35)38-16)15-23-21-9-6-18-14-20(37-26(36)17-4-7-19(31)8-5-17)10-12-27(18,2)22(21)11-13-28(23,25)3/h4-8,20-24H,9-15H2,1-3H3. The Hall–Kier alpha value is -1.83. The van der Waals surface area contributed by atoms with Gasteiger partial charge in [-0.2, -0.15) is 17.6 Å². The molecule has 0 aromatic heterocycles. The van der Waals surface area contributed by atoms with Crippen molar-refractivity contribution in [1.29, 1.82) is 0 Å². The molecule has 1 aliphatic heterocycles. The van der Waals surface area contributed by atoms with Crippen LogP contribution in [0.5, 0.6) is 0 Å². The summed E-state index contributed by atoms with van der Waals surface area (Å²) in [7, 11) is 0. The van der Waals surface area contributed by atoms with Crippen LogP contribution in [-0.2, 0) is 9.47 Å². The van der Waals surface area contributed by atoms with Crippen molar-refractivity contribution in [3.63, 3.8) is 0 Å². The first-order valence-corrected chi connectivity index (χ1v) is 14.4. The van der Waals surface area contributed by atoms with Gasteiger partial charge in [0, 0.05) is 10.9 Å². The summed E-state index contributed by atoms with van der Waals surface area (Å²) in [6.07, 6.45) is 2.19. The number of halogens is 5. The maximum atomic E-state index is 15.0. The Morgan fingerprint density at radius 2 is 1.71 bits per heavy atom. The number of hydrogen-bond donors (Lipinski definition) is 0. The second-order valence-corrected chi connectivity index (χ2v) is 13.4. The summed E-state index contributed by atoms with van der Waals surface area (Å²) in [6, 6.07) is 7.11. The van der Waals surface area contributed by atoms with Gasteiger partial charge in [-0.15, -0.1) is 0 Å². The van der Waals surface area contributed by atoms with Crippen LogP contribution in [0.2, 0.25) is 0 Å². The third-order valence-electron chi connectivity index (χ3n) is 10.7. The number of rotatable bonds is 2. The van der Waals surface area contributed by atoms with Crippen molar-refractivity contribution in [3.8, 4) is 0 Å². The van der Waals surface area contributed by atoms with Gasteiger partial charge in [-0.1, -0.05) is 41.4 Å². The minimum absolute atomic E-state index is 0.0132. The first kappa shape index (κ1) is 26.4. The van der Waals surface area contributed by atoms with Crippen molar-refractivity contribution in [2.75, 3.05) is 0 Å². The Morgan fingerprint density at radius 1 is 1.03 bits per heavy atom. The van der Waals surface area contributed by atoms with Crippen LogP contribution < -0.4 is 0 Å². The van der Waals surface area contributed by atoms with E-state index < -0.39 is 23.4 Å². The van der Waals surface area contributed by atoms with Gasteiger partial charge < -0.3 is 9.47 Å². The van der Waals surface area contributed by atoms with Gasteiger partial charge in [0.2, 0.25) is 0 Å². The van der Waals surface area contributed by atoms with Gasteiger partial charge in [0.15, 0.2) is 0 Å². The minimum atomic E-state index is -4.48. The average Bonchev–Trinajstić information content (AvgIpc) is 3.18. The Bertz CT molecular complexity index is 1220. The van der Waals surface area contributed by atoms with Crippen LogP contribution in [0.4, 0.5) is 17.6 Å².